The predicted molar refractivity (Wildman–Crippen MR) is 55.1 cm³/mol. The topological polar surface area (TPSA) is 66.1 Å². The molecule has 0 aromatic carbocycles. The smallest absolute Gasteiger partial charge is 0.251 e. The highest BCUT2D eigenvalue weighted by Gasteiger charge is 2.32. The van der Waals surface area contributed by atoms with Gasteiger partial charge < -0.3 is 0 Å². The first kappa shape index (κ1) is 13.4. The molecule has 1 atom stereocenters. The first-order valence-corrected chi connectivity index (χ1v) is 6.44. The fraction of sp³-hybridized carbons (Fsp3) is 0.333. The second-order valence-corrected chi connectivity index (χ2v) is 5.73. The fourth-order valence-corrected chi connectivity index (χ4v) is 2.13. The zero-order chi connectivity index (χ0) is 13.1. The Labute approximate surface area is 96.3 Å². The number of hydrogen-bond donors (Lipinski definition) is 0. The van der Waals surface area contributed by atoms with Crippen LogP contribution in [-0.4, -0.2) is 15.4 Å². The third kappa shape index (κ3) is 4.03. The van der Waals surface area contributed by atoms with Crippen LogP contribution in [0.4, 0.5) is 13.2 Å². The molecule has 1 rings (SSSR count). The van der Waals surface area contributed by atoms with Gasteiger partial charge in [-0.1, -0.05) is 6.07 Å². The van der Waals surface area contributed by atoms with E-state index in [0.717, 1.165) is 12.3 Å². The van der Waals surface area contributed by atoms with Crippen molar-refractivity contribution in [3.63, 3.8) is 0 Å². The maximum atomic E-state index is 12.2. The summed E-state index contributed by atoms with van der Waals surface area (Å²) in [5.74, 6) is -0.105. The van der Waals surface area contributed by atoms with Crippen LogP contribution in [0, 0.1) is 11.5 Å². The average molecular weight is 263 g/mol. The fourth-order valence-electron chi connectivity index (χ4n) is 1.11. The molecule has 17 heavy (non-hydrogen) atoms. The van der Waals surface area contributed by atoms with Crippen LogP contribution in [0.25, 0.3) is 0 Å². The molecule has 1 unspecified atom stereocenters. The third-order valence-electron chi connectivity index (χ3n) is 1.78. The van der Waals surface area contributed by atoms with Gasteiger partial charge in [-0.25, -0.2) is 4.21 Å². The number of nitriles is 1. The van der Waals surface area contributed by atoms with Gasteiger partial charge in [-0.05, 0) is 11.6 Å². The molecule has 0 aliphatic rings. The molecular weight excluding hydrogens is 255 g/mol. The molecule has 0 amide bonds. The van der Waals surface area contributed by atoms with E-state index in [1.165, 1.54) is 18.5 Å². The maximum Gasteiger partial charge on any atom is 0.433 e. The van der Waals surface area contributed by atoms with E-state index in [2.05, 4.69) is 9.35 Å². The van der Waals surface area contributed by atoms with Crippen LogP contribution in [-0.2, 0) is 21.7 Å². The van der Waals surface area contributed by atoms with Crippen LogP contribution in [0.3, 0.4) is 0 Å². The molecule has 0 fully saturated rings. The van der Waals surface area contributed by atoms with Gasteiger partial charge in [-0.3, -0.25) is 4.98 Å². The molecule has 8 heteroatoms. The second-order valence-electron chi connectivity index (χ2n) is 3.34. The summed E-state index contributed by atoms with van der Waals surface area (Å²) < 4.78 is 51.4. The van der Waals surface area contributed by atoms with Crippen LogP contribution in [0.15, 0.2) is 22.7 Å². The van der Waals surface area contributed by atoms with E-state index >= 15 is 0 Å². The number of hydrogen-bond acceptors (Lipinski definition) is 4. The SMILES string of the molecule is CS(=O)(Cc1ccc(C(F)(F)F)nc1)=NC#N. The van der Waals surface area contributed by atoms with Gasteiger partial charge in [0.25, 0.3) is 0 Å². The molecule has 0 saturated heterocycles. The Morgan fingerprint density at radius 1 is 1.53 bits per heavy atom. The molecular formula is C9H8F3N3OS. The lowest BCUT2D eigenvalue weighted by atomic mass is 10.3. The van der Waals surface area contributed by atoms with Crippen molar-refractivity contribution in [1.29, 1.82) is 5.26 Å². The lowest BCUT2D eigenvalue weighted by Crippen LogP contribution is -2.08. The first-order valence-electron chi connectivity index (χ1n) is 4.35. The van der Waals surface area contributed by atoms with E-state index in [4.69, 9.17) is 5.26 Å². The highest BCUT2D eigenvalue weighted by molar-refractivity contribution is 7.92. The number of nitrogens with zero attached hydrogens (tertiary/aromatic N) is 3. The second kappa shape index (κ2) is 4.71. The van der Waals surface area contributed by atoms with E-state index < -0.39 is 21.6 Å². The standard InChI is InChI=1S/C9H8F3N3OS/c1-17(16,15-6-13)5-7-2-3-8(14-4-7)9(10,11)12/h2-4H,5H2,1H3. The number of pyridine rings is 1. The molecule has 92 valence electrons. The Hall–Kier alpha value is -1.62. The van der Waals surface area contributed by atoms with Gasteiger partial charge in [-0.2, -0.15) is 18.4 Å². The number of aromatic nitrogens is 1. The van der Waals surface area contributed by atoms with Crippen LogP contribution in [0.5, 0.6) is 0 Å². The van der Waals surface area contributed by atoms with Crippen LogP contribution in [0.2, 0.25) is 0 Å². The van der Waals surface area contributed by atoms with Gasteiger partial charge in [-0.15, -0.1) is 4.36 Å². The molecule has 1 heterocycles. The van der Waals surface area contributed by atoms with Crippen molar-refractivity contribution in [3.05, 3.63) is 29.6 Å². The molecule has 0 aliphatic heterocycles. The quantitative estimate of drug-likeness (QED) is 0.768. The minimum Gasteiger partial charge on any atom is -0.251 e. The van der Waals surface area contributed by atoms with Gasteiger partial charge >= 0.3 is 6.18 Å². The van der Waals surface area contributed by atoms with Crippen LogP contribution < -0.4 is 0 Å². The van der Waals surface area contributed by atoms with Gasteiger partial charge in [0, 0.05) is 12.5 Å². The van der Waals surface area contributed by atoms with Crippen LogP contribution >= 0.6 is 0 Å². The largest absolute Gasteiger partial charge is 0.433 e. The molecule has 0 spiro atoms. The van der Waals surface area contributed by atoms with Gasteiger partial charge in [0.15, 0.2) is 0 Å². The van der Waals surface area contributed by atoms with Crippen molar-refractivity contribution < 1.29 is 17.4 Å². The predicted octanol–water partition coefficient (Wildman–Crippen LogP) is 2.18. The van der Waals surface area contributed by atoms with E-state index in [9.17, 15) is 17.4 Å². The summed E-state index contributed by atoms with van der Waals surface area (Å²) in [6, 6.07) is 1.98. The molecule has 0 saturated carbocycles. The highest BCUT2D eigenvalue weighted by atomic mass is 32.2. The molecule has 0 aliphatic carbocycles. The number of halogens is 3. The molecule has 1 aromatic rings. The summed E-state index contributed by atoms with van der Waals surface area (Å²) in [4.78, 5) is 3.22. The van der Waals surface area contributed by atoms with E-state index in [1.54, 1.807) is 0 Å². The third-order valence-corrected chi connectivity index (χ3v) is 3.12. The van der Waals surface area contributed by atoms with Crippen molar-refractivity contribution >= 4 is 9.73 Å². The zero-order valence-electron chi connectivity index (χ0n) is 8.73. The summed E-state index contributed by atoms with van der Waals surface area (Å²) >= 11 is 0. The zero-order valence-corrected chi connectivity index (χ0v) is 9.55. The Kier molecular flexibility index (Phi) is 3.72. The minimum atomic E-state index is -4.50. The first-order chi connectivity index (χ1) is 7.74. The lowest BCUT2D eigenvalue weighted by molar-refractivity contribution is -0.141. The number of alkyl halides is 3. The Morgan fingerprint density at radius 2 is 2.18 bits per heavy atom. The Balaban J connectivity index is 2.95. The molecule has 0 N–H and O–H groups in total. The van der Waals surface area contributed by atoms with Crippen LogP contribution in [0.1, 0.15) is 11.3 Å². The molecule has 0 bridgehead atoms. The summed E-state index contributed by atoms with van der Waals surface area (Å²) in [7, 11) is -2.74. The van der Waals surface area contributed by atoms with E-state index in [0.29, 0.717) is 5.56 Å². The molecule has 1 aromatic heterocycles. The normalized spacial score (nSPS) is 14.8. The highest BCUT2D eigenvalue weighted by Crippen LogP contribution is 2.27. The lowest BCUT2D eigenvalue weighted by Gasteiger charge is -2.06. The molecule has 0 radical (unpaired) electrons. The van der Waals surface area contributed by atoms with Crippen molar-refractivity contribution in [2.45, 2.75) is 11.9 Å². The number of rotatable bonds is 2. The van der Waals surface area contributed by atoms with Crippen molar-refractivity contribution in [3.8, 4) is 6.19 Å². The Morgan fingerprint density at radius 3 is 2.59 bits per heavy atom. The van der Waals surface area contributed by atoms with Gasteiger partial charge in [0.1, 0.15) is 5.69 Å². The van der Waals surface area contributed by atoms with E-state index in [-0.39, 0.29) is 5.75 Å². The van der Waals surface area contributed by atoms with Crippen molar-refractivity contribution in [1.82, 2.24) is 4.98 Å². The Bertz CT molecular complexity index is 550. The van der Waals surface area contributed by atoms with Crippen molar-refractivity contribution in [2.24, 2.45) is 4.36 Å². The monoisotopic (exact) mass is 263 g/mol. The summed E-state index contributed by atoms with van der Waals surface area (Å²) in [5, 5.41) is 8.27. The van der Waals surface area contributed by atoms with Gasteiger partial charge in [0.05, 0.1) is 15.5 Å². The summed E-state index contributed by atoms with van der Waals surface area (Å²) in [6.45, 7) is 0. The van der Waals surface area contributed by atoms with Crippen molar-refractivity contribution in [2.75, 3.05) is 6.26 Å². The summed E-state index contributed by atoms with van der Waals surface area (Å²) in [6.07, 6.45) is -0.841. The average Bonchev–Trinajstić information content (AvgIpc) is 2.16. The maximum absolute atomic E-state index is 12.2. The minimum absolute atomic E-state index is 0.105. The molecule has 4 nitrogen and oxygen atoms in total. The summed E-state index contributed by atoms with van der Waals surface area (Å²) in [5.41, 5.74) is -0.675. The van der Waals surface area contributed by atoms with Gasteiger partial charge in [0.2, 0.25) is 6.19 Å². The van der Waals surface area contributed by atoms with E-state index in [1.807, 2.05) is 0 Å².